The van der Waals surface area contributed by atoms with Crippen LogP contribution in [0.4, 0.5) is 5.69 Å². The average molecular weight is 439 g/mol. The molecule has 0 aliphatic rings. The predicted molar refractivity (Wildman–Crippen MR) is 127 cm³/mol. The van der Waals surface area contributed by atoms with Gasteiger partial charge in [-0.2, -0.15) is 0 Å². The number of para-hydroxylation sites is 1. The number of aromatic nitrogens is 2. The lowest BCUT2D eigenvalue weighted by Gasteiger charge is -2.10. The number of amides is 1. The molecule has 0 atom stereocenters. The molecule has 33 heavy (non-hydrogen) atoms. The Labute approximate surface area is 189 Å². The molecule has 1 amide bonds. The Kier molecular flexibility index (Phi) is 4.94. The second-order valence-electron chi connectivity index (χ2n) is 7.91. The van der Waals surface area contributed by atoms with Crippen molar-refractivity contribution in [2.45, 2.75) is 13.8 Å². The molecule has 3 heterocycles. The summed E-state index contributed by atoms with van der Waals surface area (Å²) < 4.78 is 12.6. The summed E-state index contributed by atoms with van der Waals surface area (Å²) in [6.45, 7) is 3.91. The zero-order valence-electron chi connectivity index (χ0n) is 18.4. The summed E-state index contributed by atoms with van der Waals surface area (Å²) in [7, 11) is 1.50. The summed E-state index contributed by atoms with van der Waals surface area (Å²) in [5.74, 6) is -0.109. The molecule has 0 fully saturated rings. The summed E-state index contributed by atoms with van der Waals surface area (Å²) in [6, 6.07) is 16.5. The molecule has 0 bridgehead atoms. The van der Waals surface area contributed by atoms with Crippen molar-refractivity contribution in [1.82, 2.24) is 9.38 Å². The van der Waals surface area contributed by atoms with Crippen molar-refractivity contribution in [3.63, 3.8) is 0 Å². The van der Waals surface area contributed by atoms with Crippen LogP contribution in [0.25, 0.3) is 27.9 Å². The topological polar surface area (TPSA) is 85.8 Å². The van der Waals surface area contributed by atoms with Gasteiger partial charge >= 0.3 is 5.63 Å². The van der Waals surface area contributed by atoms with Gasteiger partial charge in [-0.1, -0.05) is 24.3 Å². The summed E-state index contributed by atoms with van der Waals surface area (Å²) in [5.41, 5.74) is 4.57. The van der Waals surface area contributed by atoms with E-state index in [-0.39, 0.29) is 5.56 Å². The monoisotopic (exact) mass is 439 g/mol. The van der Waals surface area contributed by atoms with Crippen LogP contribution in [-0.2, 0) is 0 Å². The molecule has 0 aliphatic carbocycles. The van der Waals surface area contributed by atoms with Crippen molar-refractivity contribution in [2.24, 2.45) is 0 Å². The minimum Gasteiger partial charge on any atom is -0.493 e. The third-order valence-electron chi connectivity index (χ3n) is 5.59. The predicted octanol–water partition coefficient (Wildman–Crippen LogP) is 4.99. The summed E-state index contributed by atoms with van der Waals surface area (Å²) in [6.07, 6.45) is 3.91. The highest BCUT2D eigenvalue weighted by atomic mass is 16.5. The highest BCUT2D eigenvalue weighted by Crippen LogP contribution is 2.27. The molecule has 0 saturated heterocycles. The van der Waals surface area contributed by atoms with E-state index in [1.54, 1.807) is 18.2 Å². The number of hydrogen-bond donors (Lipinski definition) is 1. The highest BCUT2D eigenvalue weighted by Gasteiger charge is 2.17. The molecular formula is C26H21N3O4. The summed E-state index contributed by atoms with van der Waals surface area (Å²) in [4.78, 5) is 30.2. The van der Waals surface area contributed by atoms with Crippen molar-refractivity contribution in [3.8, 4) is 17.0 Å². The number of hydrogen-bond acceptors (Lipinski definition) is 5. The van der Waals surface area contributed by atoms with Crippen LogP contribution in [0.3, 0.4) is 0 Å². The normalized spacial score (nSPS) is 11.1. The lowest BCUT2D eigenvalue weighted by atomic mass is 10.1. The lowest BCUT2D eigenvalue weighted by molar-refractivity contribution is 0.102. The van der Waals surface area contributed by atoms with Gasteiger partial charge in [-0.05, 0) is 55.3 Å². The lowest BCUT2D eigenvalue weighted by Crippen LogP contribution is -2.21. The molecule has 5 aromatic rings. The molecule has 1 N–H and O–H groups in total. The maximum absolute atomic E-state index is 13.0. The minimum absolute atomic E-state index is 0.0799. The number of rotatable bonds is 4. The first-order valence-corrected chi connectivity index (χ1v) is 10.4. The molecule has 7 nitrogen and oxygen atoms in total. The molecular weight excluding hydrogens is 418 g/mol. The van der Waals surface area contributed by atoms with E-state index < -0.39 is 11.5 Å². The fourth-order valence-electron chi connectivity index (χ4n) is 3.77. The van der Waals surface area contributed by atoms with Gasteiger partial charge in [-0.15, -0.1) is 0 Å². The van der Waals surface area contributed by atoms with Crippen LogP contribution in [-0.4, -0.2) is 22.4 Å². The van der Waals surface area contributed by atoms with Gasteiger partial charge in [0, 0.05) is 29.0 Å². The average Bonchev–Trinajstić information content (AvgIpc) is 3.22. The molecule has 0 saturated carbocycles. The zero-order chi connectivity index (χ0) is 23.1. The van der Waals surface area contributed by atoms with Crippen molar-refractivity contribution in [3.05, 3.63) is 94.1 Å². The number of anilines is 1. The molecule has 164 valence electrons. The fourth-order valence-corrected chi connectivity index (χ4v) is 3.77. The van der Waals surface area contributed by atoms with E-state index in [9.17, 15) is 9.59 Å². The van der Waals surface area contributed by atoms with E-state index in [2.05, 4.69) is 10.3 Å². The van der Waals surface area contributed by atoms with Gasteiger partial charge in [0.1, 0.15) is 11.2 Å². The molecule has 5 rings (SSSR count). The smallest absolute Gasteiger partial charge is 0.349 e. The van der Waals surface area contributed by atoms with Gasteiger partial charge in [0.15, 0.2) is 11.3 Å². The minimum atomic E-state index is -0.728. The Balaban J connectivity index is 1.49. The number of pyridine rings is 1. The van der Waals surface area contributed by atoms with Crippen LogP contribution in [0.5, 0.6) is 5.75 Å². The maximum Gasteiger partial charge on any atom is 0.349 e. The van der Waals surface area contributed by atoms with E-state index in [0.29, 0.717) is 22.4 Å². The van der Waals surface area contributed by atoms with Gasteiger partial charge in [0.25, 0.3) is 5.91 Å². The largest absolute Gasteiger partial charge is 0.493 e. The number of nitrogens with zero attached hydrogens (tertiary/aromatic N) is 2. The number of carbonyl (C=O) groups is 1. The standard InChI is InChI=1S/C26H21N3O4/c1-15-9-10-29-14-21(27-23(29)11-15)17-8-7-16(2)20(13-17)28-25(30)19-12-18-5-4-6-22(32-3)24(18)33-26(19)31/h4-14H,1-3H3,(H,28,30). The number of aryl methyl sites for hydroxylation is 2. The van der Waals surface area contributed by atoms with Crippen LogP contribution >= 0.6 is 0 Å². The van der Waals surface area contributed by atoms with Crippen LogP contribution < -0.4 is 15.7 Å². The molecule has 7 heteroatoms. The third kappa shape index (κ3) is 3.74. The molecule has 0 unspecified atom stereocenters. The Morgan fingerprint density at radius 3 is 2.76 bits per heavy atom. The van der Waals surface area contributed by atoms with Gasteiger partial charge in [-0.25, -0.2) is 9.78 Å². The maximum atomic E-state index is 13.0. The van der Waals surface area contributed by atoms with Crippen LogP contribution in [0.2, 0.25) is 0 Å². The fraction of sp³-hybridized carbons (Fsp3) is 0.115. The zero-order valence-corrected chi connectivity index (χ0v) is 18.4. The number of imidazole rings is 1. The Morgan fingerprint density at radius 1 is 1.09 bits per heavy atom. The van der Waals surface area contributed by atoms with E-state index in [0.717, 1.165) is 28.0 Å². The van der Waals surface area contributed by atoms with Crippen molar-refractivity contribution >= 4 is 28.2 Å². The van der Waals surface area contributed by atoms with E-state index in [4.69, 9.17) is 9.15 Å². The van der Waals surface area contributed by atoms with E-state index in [1.807, 2.05) is 61.0 Å². The van der Waals surface area contributed by atoms with Crippen LogP contribution in [0.1, 0.15) is 21.5 Å². The second kappa shape index (κ2) is 7.94. The van der Waals surface area contributed by atoms with Crippen LogP contribution in [0, 0.1) is 13.8 Å². The number of fused-ring (bicyclic) bond motifs is 2. The van der Waals surface area contributed by atoms with Gasteiger partial charge in [0.05, 0.1) is 12.8 Å². The molecule has 3 aromatic heterocycles. The van der Waals surface area contributed by atoms with Gasteiger partial charge in [-0.3, -0.25) is 4.79 Å². The van der Waals surface area contributed by atoms with Gasteiger partial charge in [0.2, 0.25) is 0 Å². The highest BCUT2D eigenvalue weighted by molar-refractivity contribution is 6.06. The van der Waals surface area contributed by atoms with Crippen molar-refractivity contribution in [1.29, 1.82) is 0 Å². The first kappa shape index (κ1) is 20.5. The number of benzene rings is 2. The second-order valence-corrected chi connectivity index (χ2v) is 7.91. The summed E-state index contributed by atoms with van der Waals surface area (Å²) >= 11 is 0. The molecule has 0 aliphatic heterocycles. The number of carbonyl (C=O) groups excluding carboxylic acids is 1. The molecule has 0 radical (unpaired) electrons. The summed E-state index contributed by atoms with van der Waals surface area (Å²) in [5, 5.41) is 3.45. The molecule has 2 aromatic carbocycles. The first-order chi connectivity index (χ1) is 15.9. The van der Waals surface area contributed by atoms with Crippen LogP contribution in [0.15, 0.2) is 76.2 Å². The van der Waals surface area contributed by atoms with E-state index in [1.165, 1.54) is 13.2 Å². The van der Waals surface area contributed by atoms with Crippen molar-refractivity contribution < 1.29 is 13.9 Å². The number of methoxy groups -OCH3 is 1. The van der Waals surface area contributed by atoms with Crippen molar-refractivity contribution in [2.75, 3.05) is 12.4 Å². The quantitative estimate of drug-likeness (QED) is 0.399. The number of nitrogens with one attached hydrogen (secondary N) is 1. The van der Waals surface area contributed by atoms with Gasteiger partial charge < -0.3 is 18.9 Å². The Bertz CT molecular complexity index is 1600. The molecule has 0 spiro atoms. The first-order valence-electron chi connectivity index (χ1n) is 10.4. The SMILES string of the molecule is COc1cccc2cc(C(=O)Nc3cc(-c4cn5ccc(C)cc5n4)ccc3C)c(=O)oc12. The number of ether oxygens (including phenoxy) is 1. The van der Waals surface area contributed by atoms with E-state index >= 15 is 0 Å². The Morgan fingerprint density at radius 2 is 1.94 bits per heavy atom. The Hall–Kier alpha value is -4.39. The third-order valence-corrected chi connectivity index (χ3v) is 5.59.